The van der Waals surface area contributed by atoms with Crippen LogP contribution in [0, 0.1) is 0 Å². The van der Waals surface area contributed by atoms with Crippen molar-refractivity contribution in [1.29, 1.82) is 0 Å². The van der Waals surface area contributed by atoms with Gasteiger partial charge in [-0.05, 0) is 29.9 Å². The number of carboxylic acids is 1. The van der Waals surface area contributed by atoms with E-state index in [4.69, 9.17) is 9.84 Å². The van der Waals surface area contributed by atoms with Crippen molar-refractivity contribution < 1.29 is 14.6 Å². The van der Waals surface area contributed by atoms with Gasteiger partial charge in [0.2, 0.25) is 0 Å². The molecule has 1 saturated heterocycles. The van der Waals surface area contributed by atoms with Crippen LogP contribution in [0.15, 0.2) is 24.3 Å². The summed E-state index contributed by atoms with van der Waals surface area (Å²) >= 11 is 0. The Labute approximate surface area is 113 Å². The number of benzene rings is 1. The number of aliphatic carboxylic acids is 1. The minimum atomic E-state index is -0.864. The van der Waals surface area contributed by atoms with Gasteiger partial charge in [-0.1, -0.05) is 24.3 Å². The van der Waals surface area contributed by atoms with E-state index in [0.717, 1.165) is 19.0 Å². The van der Waals surface area contributed by atoms with Crippen molar-refractivity contribution in [2.75, 3.05) is 19.7 Å². The smallest absolute Gasteiger partial charge is 0.334 e. The lowest BCUT2D eigenvalue weighted by atomic mass is 10.1. The van der Waals surface area contributed by atoms with Gasteiger partial charge in [0.15, 0.2) is 6.10 Å². The number of morpholine rings is 1. The van der Waals surface area contributed by atoms with E-state index in [2.05, 4.69) is 29.2 Å². The van der Waals surface area contributed by atoms with Crippen LogP contribution in [0.1, 0.15) is 29.9 Å². The molecule has 4 heteroatoms. The number of nitrogens with zero attached hydrogens (tertiary/aromatic N) is 1. The first-order valence-corrected chi connectivity index (χ1v) is 6.88. The number of carbonyl (C=O) groups is 1. The molecule has 2 aliphatic rings. The van der Waals surface area contributed by atoms with E-state index in [1.165, 1.54) is 24.0 Å². The van der Waals surface area contributed by atoms with Crippen molar-refractivity contribution in [2.24, 2.45) is 0 Å². The van der Waals surface area contributed by atoms with Crippen molar-refractivity contribution in [2.45, 2.75) is 31.4 Å². The summed E-state index contributed by atoms with van der Waals surface area (Å²) in [6.07, 6.45) is 1.94. The van der Waals surface area contributed by atoms with E-state index in [0.29, 0.717) is 13.2 Å². The Kier molecular flexibility index (Phi) is 3.53. The molecule has 19 heavy (non-hydrogen) atoms. The minimum Gasteiger partial charge on any atom is -0.479 e. The maximum absolute atomic E-state index is 11.0. The Morgan fingerprint density at radius 3 is 3.00 bits per heavy atom. The topological polar surface area (TPSA) is 49.8 Å². The second-order valence-electron chi connectivity index (χ2n) is 5.45. The zero-order valence-corrected chi connectivity index (χ0v) is 10.9. The van der Waals surface area contributed by atoms with Crippen LogP contribution >= 0.6 is 0 Å². The van der Waals surface area contributed by atoms with Gasteiger partial charge in [-0.15, -0.1) is 0 Å². The molecular weight excluding hydrogens is 242 g/mol. The van der Waals surface area contributed by atoms with Gasteiger partial charge in [-0.3, -0.25) is 4.90 Å². The van der Waals surface area contributed by atoms with E-state index in [9.17, 15) is 4.79 Å². The van der Waals surface area contributed by atoms with Gasteiger partial charge in [0.25, 0.3) is 0 Å². The highest BCUT2D eigenvalue weighted by molar-refractivity contribution is 5.72. The molecule has 0 amide bonds. The number of hydrogen-bond acceptors (Lipinski definition) is 3. The summed E-state index contributed by atoms with van der Waals surface area (Å²) in [5.74, 6) is -0.104. The second-order valence-corrected chi connectivity index (χ2v) is 5.45. The monoisotopic (exact) mass is 261 g/mol. The molecule has 1 aromatic rings. The predicted molar refractivity (Wildman–Crippen MR) is 71.1 cm³/mol. The number of rotatable bonds is 4. The first kappa shape index (κ1) is 12.6. The summed E-state index contributed by atoms with van der Waals surface area (Å²) in [5.41, 5.74) is 2.70. The standard InChI is InChI=1S/C15H19NO3/c17-15(18)14-10-16(6-7-19-14)9-11-2-1-3-13(8-11)12-4-5-12/h1-3,8,12,14H,4-7,9-10H2,(H,17,18). The molecule has 1 heterocycles. The summed E-state index contributed by atoms with van der Waals surface area (Å²) in [6.45, 7) is 2.59. The van der Waals surface area contributed by atoms with E-state index in [1.54, 1.807) is 0 Å². The van der Waals surface area contributed by atoms with Gasteiger partial charge >= 0.3 is 5.97 Å². The molecular formula is C15H19NO3. The molecule has 0 spiro atoms. The van der Waals surface area contributed by atoms with E-state index >= 15 is 0 Å². The van der Waals surface area contributed by atoms with Gasteiger partial charge in [0, 0.05) is 19.6 Å². The third-order valence-electron chi connectivity index (χ3n) is 3.83. The van der Waals surface area contributed by atoms with Crippen LogP contribution in [0.3, 0.4) is 0 Å². The van der Waals surface area contributed by atoms with Crippen LogP contribution in [-0.2, 0) is 16.1 Å². The average Bonchev–Trinajstić information content (AvgIpc) is 3.23. The lowest BCUT2D eigenvalue weighted by Gasteiger charge is -2.30. The van der Waals surface area contributed by atoms with Crippen LogP contribution in [0.5, 0.6) is 0 Å². The summed E-state index contributed by atoms with van der Waals surface area (Å²) in [6, 6.07) is 8.69. The molecule has 1 aliphatic carbocycles. The van der Waals surface area contributed by atoms with Crippen LogP contribution in [-0.4, -0.2) is 41.8 Å². The Balaban J connectivity index is 1.63. The van der Waals surface area contributed by atoms with Crippen LogP contribution in [0.2, 0.25) is 0 Å². The van der Waals surface area contributed by atoms with Crippen molar-refractivity contribution in [3.8, 4) is 0 Å². The zero-order valence-electron chi connectivity index (χ0n) is 10.9. The summed E-state index contributed by atoms with van der Waals surface area (Å²) in [7, 11) is 0. The quantitative estimate of drug-likeness (QED) is 0.898. The molecule has 1 aromatic carbocycles. The molecule has 0 radical (unpaired) electrons. The number of ether oxygens (including phenoxy) is 1. The van der Waals surface area contributed by atoms with Gasteiger partial charge in [0.05, 0.1) is 6.61 Å². The SMILES string of the molecule is O=C(O)C1CN(Cc2cccc(C3CC3)c2)CCO1. The molecule has 1 aliphatic heterocycles. The Bertz CT molecular complexity index is 470. The molecule has 0 bridgehead atoms. The van der Waals surface area contributed by atoms with Crippen LogP contribution < -0.4 is 0 Å². The molecule has 1 N–H and O–H groups in total. The second kappa shape index (κ2) is 5.31. The molecule has 1 atom stereocenters. The lowest BCUT2D eigenvalue weighted by molar-refractivity contribution is -0.156. The number of carboxylic acid groups (broad SMARTS) is 1. The van der Waals surface area contributed by atoms with Crippen LogP contribution in [0.4, 0.5) is 0 Å². The summed E-state index contributed by atoms with van der Waals surface area (Å²) < 4.78 is 5.24. The highest BCUT2D eigenvalue weighted by atomic mass is 16.5. The van der Waals surface area contributed by atoms with E-state index < -0.39 is 12.1 Å². The average molecular weight is 261 g/mol. The van der Waals surface area contributed by atoms with Crippen molar-refractivity contribution >= 4 is 5.97 Å². The van der Waals surface area contributed by atoms with Gasteiger partial charge in [0.1, 0.15) is 0 Å². The molecule has 0 aromatic heterocycles. The Morgan fingerprint density at radius 1 is 1.42 bits per heavy atom. The Morgan fingerprint density at radius 2 is 2.26 bits per heavy atom. The summed E-state index contributed by atoms with van der Waals surface area (Å²) in [5, 5.41) is 9.00. The van der Waals surface area contributed by atoms with Crippen molar-refractivity contribution in [3.63, 3.8) is 0 Å². The van der Waals surface area contributed by atoms with Gasteiger partial charge < -0.3 is 9.84 Å². The predicted octanol–water partition coefficient (Wildman–Crippen LogP) is 1.85. The first-order chi connectivity index (χ1) is 9.22. The minimum absolute atomic E-state index is 0.475. The third kappa shape index (κ3) is 3.14. The lowest BCUT2D eigenvalue weighted by Crippen LogP contribution is -2.45. The largest absolute Gasteiger partial charge is 0.479 e. The highest BCUT2D eigenvalue weighted by Gasteiger charge is 2.27. The molecule has 3 rings (SSSR count). The Hall–Kier alpha value is -1.39. The van der Waals surface area contributed by atoms with Crippen LogP contribution in [0.25, 0.3) is 0 Å². The molecule has 1 saturated carbocycles. The fourth-order valence-electron chi connectivity index (χ4n) is 2.62. The fourth-order valence-corrected chi connectivity index (χ4v) is 2.62. The maximum atomic E-state index is 11.0. The molecule has 2 fully saturated rings. The highest BCUT2D eigenvalue weighted by Crippen LogP contribution is 2.40. The first-order valence-electron chi connectivity index (χ1n) is 6.88. The molecule has 4 nitrogen and oxygen atoms in total. The third-order valence-corrected chi connectivity index (χ3v) is 3.83. The maximum Gasteiger partial charge on any atom is 0.334 e. The van der Waals surface area contributed by atoms with Gasteiger partial charge in [-0.25, -0.2) is 4.79 Å². The molecule has 102 valence electrons. The normalized spacial score (nSPS) is 24.3. The zero-order chi connectivity index (χ0) is 13.2. The molecule has 1 unspecified atom stereocenters. The summed E-state index contributed by atoms with van der Waals surface area (Å²) in [4.78, 5) is 13.1. The number of hydrogen-bond donors (Lipinski definition) is 1. The van der Waals surface area contributed by atoms with E-state index in [1.807, 2.05) is 0 Å². The van der Waals surface area contributed by atoms with Gasteiger partial charge in [-0.2, -0.15) is 0 Å². The van der Waals surface area contributed by atoms with E-state index in [-0.39, 0.29) is 0 Å². The van der Waals surface area contributed by atoms with Crippen molar-refractivity contribution in [3.05, 3.63) is 35.4 Å². The van der Waals surface area contributed by atoms with Crippen molar-refractivity contribution in [1.82, 2.24) is 4.90 Å². The fraction of sp³-hybridized carbons (Fsp3) is 0.533.